The summed E-state index contributed by atoms with van der Waals surface area (Å²) in [5.41, 5.74) is 0.111. The summed E-state index contributed by atoms with van der Waals surface area (Å²) in [4.78, 5) is 50.9. The highest BCUT2D eigenvalue weighted by Gasteiger charge is 2.72. The first-order chi connectivity index (χ1) is 21.1. The Balaban J connectivity index is 1.41. The van der Waals surface area contributed by atoms with E-state index in [9.17, 15) is 19.2 Å². The molecule has 4 fully saturated rings. The van der Waals surface area contributed by atoms with Gasteiger partial charge in [0.15, 0.2) is 0 Å². The second kappa shape index (κ2) is 11.0. The minimum Gasteiger partial charge on any atom is -0.465 e. The summed E-state index contributed by atoms with van der Waals surface area (Å²) in [6.45, 7) is 14.5. The zero-order chi connectivity index (χ0) is 32.5. The van der Waals surface area contributed by atoms with E-state index in [0.29, 0.717) is 31.4 Å². The zero-order valence-electron chi connectivity index (χ0n) is 27.7. The molecule has 5 aliphatic rings. The van der Waals surface area contributed by atoms with Gasteiger partial charge < -0.3 is 18.9 Å². The lowest BCUT2D eigenvalue weighted by molar-refractivity contribution is -0.259. The topological polar surface area (TPSA) is 105 Å². The summed E-state index contributed by atoms with van der Waals surface area (Å²) < 4.78 is 24.2. The van der Waals surface area contributed by atoms with Gasteiger partial charge in [-0.1, -0.05) is 64.5 Å². The van der Waals surface area contributed by atoms with Crippen LogP contribution in [0.5, 0.6) is 0 Å². The number of hydrogen-bond acceptors (Lipinski definition) is 8. The van der Waals surface area contributed by atoms with Crippen LogP contribution in [0.15, 0.2) is 42.0 Å². The number of hydrogen-bond donors (Lipinski definition) is 0. The predicted octanol–water partition coefficient (Wildman–Crippen LogP) is 6.46. The number of cyclic esters (lactones) is 1. The SMILES string of the molecule is CC(=O)OC1CC2C(C)(C)C(OC(=O)c3ccccc3)CC(OC(C)=O)C2(C)C2CCC3(C)C(=CCC3C3COC(=O)C3)C12C. The minimum absolute atomic E-state index is 0.0297. The third-order valence-corrected chi connectivity index (χ3v) is 13.1. The molecule has 0 radical (unpaired) electrons. The molecule has 1 heterocycles. The Morgan fingerprint density at radius 3 is 2.13 bits per heavy atom. The smallest absolute Gasteiger partial charge is 0.338 e. The molecule has 8 nitrogen and oxygen atoms in total. The van der Waals surface area contributed by atoms with E-state index in [1.165, 1.54) is 19.4 Å². The highest BCUT2D eigenvalue weighted by atomic mass is 16.6. The molecule has 1 aliphatic heterocycles. The molecular weight excluding hydrogens is 572 g/mol. The van der Waals surface area contributed by atoms with Crippen LogP contribution in [-0.2, 0) is 33.3 Å². The molecule has 0 N–H and O–H groups in total. The van der Waals surface area contributed by atoms with Gasteiger partial charge in [0.2, 0.25) is 0 Å². The van der Waals surface area contributed by atoms with Gasteiger partial charge in [0.05, 0.1) is 18.6 Å². The van der Waals surface area contributed by atoms with Gasteiger partial charge in [-0.2, -0.15) is 0 Å². The van der Waals surface area contributed by atoms with Crippen molar-refractivity contribution in [3.63, 3.8) is 0 Å². The van der Waals surface area contributed by atoms with E-state index in [2.05, 4.69) is 40.7 Å². The van der Waals surface area contributed by atoms with Crippen molar-refractivity contribution in [2.75, 3.05) is 6.61 Å². The zero-order valence-corrected chi connectivity index (χ0v) is 27.7. The van der Waals surface area contributed by atoms with Gasteiger partial charge in [-0.3, -0.25) is 14.4 Å². The van der Waals surface area contributed by atoms with Crippen molar-refractivity contribution in [3.05, 3.63) is 47.5 Å². The first kappa shape index (κ1) is 31.8. The maximum Gasteiger partial charge on any atom is 0.338 e. The lowest BCUT2D eigenvalue weighted by Gasteiger charge is -2.70. The summed E-state index contributed by atoms with van der Waals surface area (Å²) in [6.07, 6.45) is 4.97. The molecule has 1 aromatic carbocycles. The molecule has 1 aromatic rings. The predicted molar refractivity (Wildman–Crippen MR) is 166 cm³/mol. The van der Waals surface area contributed by atoms with Gasteiger partial charge in [0, 0.05) is 42.4 Å². The number of carbonyl (C=O) groups is 4. The van der Waals surface area contributed by atoms with Crippen LogP contribution in [0.4, 0.5) is 0 Å². The van der Waals surface area contributed by atoms with Crippen LogP contribution in [-0.4, -0.2) is 48.8 Å². The van der Waals surface area contributed by atoms with Crippen LogP contribution in [0.1, 0.15) is 97.3 Å². The van der Waals surface area contributed by atoms with Crippen molar-refractivity contribution in [2.24, 2.45) is 45.3 Å². The average Bonchev–Trinajstić information content (AvgIpc) is 3.55. The van der Waals surface area contributed by atoms with E-state index in [1.54, 1.807) is 12.1 Å². The fourth-order valence-corrected chi connectivity index (χ4v) is 11.1. The molecule has 1 saturated heterocycles. The maximum absolute atomic E-state index is 13.3. The Bertz CT molecular complexity index is 1410. The van der Waals surface area contributed by atoms with Gasteiger partial charge >= 0.3 is 23.9 Å². The average molecular weight is 621 g/mol. The first-order valence-electron chi connectivity index (χ1n) is 16.6. The highest BCUT2D eigenvalue weighted by molar-refractivity contribution is 5.89. The Labute approximate surface area is 266 Å². The molecular formula is C37H48O8. The number of benzene rings is 1. The molecule has 244 valence electrons. The van der Waals surface area contributed by atoms with E-state index >= 15 is 0 Å². The molecule has 0 aromatic heterocycles. The van der Waals surface area contributed by atoms with Gasteiger partial charge in [0.25, 0.3) is 0 Å². The van der Waals surface area contributed by atoms with E-state index in [-0.39, 0.29) is 47.0 Å². The number of carbonyl (C=O) groups excluding carboxylic acids is 4. The van der Waals surface area contributed by atoms with Gasteiger partial charge in [0.1, 0.15) is 18.3 Å². The second-order valence-electron chi connectivity index (χ2n) is 15.6. The first-order valence-corrected chi connectivity index (χ1v) is 16.6. The Kier molecular flexibility index (Phi) is 7.76. The number of ether oxygens (including phenoxy) is 4. The van der Waals surface area contributed by atoms with Crippen molar-refractivity contribution in [1.82, 2.24) is 0 Å². The largest absolute Gasteiger partial charge is 0.465 e. The maximum atomic E-state index is 13.3. The van der Waals surface area contributed by atoms with Gasteiger partial charge in [-0.15, -0.1) is 0 Å². The van der Waals surface area contributed by atoms with Gasteiger partial charge in [-0.25, -0.2) is 4.79 Å². The molecule has 8 heteroatoms. The number of rotatable bonds is 5. The molecule has 3 saturated carbocycles. The number of allylic oxidation sites excluding steroid dienone is 1. The summed E-state index contributed by atoms with van der Waals surface area (Å²) in [7, 11) is 0. The van der Waals surface area contributed by atoms with E-state index in [1.807, 2.05) is 18.2 Å². The molecule has 45 heavy (non-hydrogen) atoms. The normalized spacial score (nSPS) is 41.4. The van der Waals surface area contributed by atoms with Crippen molar-refractivity contribution >= 4 is 23.9 Å². The standard InChI is InChI=1S/C37H48O8/c1-21(38)43-30-18-28-34(3,4)29(45-33(41)23-11-9-8-10-12-23)19-31(44-22(2)39)37(28,7)27-15-16-35(5)25(24-17-32(40)42-20-24)13-14-26(35)36(27,30)6/h8-12,14,24-25,27-31H,13,15-20H2,1-7H3. The third-order valence-electron chi connectivity index (χ3n) is 13.1. The summed E-state index contributed by atoms with van der Waals surface area (Å²) in [5.74, 6) is -0.822. The molecule has 0 spiro atoms. The Hall–Kier alpha value is -3.16. The summed E-state index contributed by atoms with van der Waals surface area (Å²) in [5, 5.41) is 0. The number of fused-ring (bicyclic) bond motifs is 5. The Morgan fingerprint density at radius 1 is 0.844 bits per heavy atom. The fourth-order valence-electron chi connectivity index (χ4n) is 11.1. The fraction of sp³-hybridized carbons (Fsp3) is 0.676. The van der Waals surface area contributed by atoms with Crippen molar-refractivity contribution in [3.8, 4) is 0 Å². The van der Waals surface area contributed by atoms with E-state index in [0.717, 1.165) is 19.3 Å². The van der Waals surface area contributed by atoms with Gasteiger partial charge in [-0.05, 0) is 61.0 Å². The third kappa shape index (κ3) is 4.84. The molecule has 0 amide bonds. The monoisotopic (exact) mass is 620 g/mol. The van der Waals surface area contributed by atoms with E-state index in [4.69, 9.17) is 18.9 Å². The molecule has 4 aliphatic carbocycles. The minimum atomic E-state index is -0.515. The van der Waals surface area contributed by atoms with Crippen LogP contribution in [0.2, 0.25) is 0 Å². The van der Waals surface area contributed by atoms with Crippen LogP contribution >= 0.6 is 0 Å². The lowest BCUT2D eigenvalue weighted by Crippen LogP contribution is -2.70. The Morgan fingerprint density at radius 2 is 1.51 bits per heavy atom. The van der Waals surface area contributed by atoms with Crippen LogP contribution in [0.3, 0.4) is 0 Å². The second-order valence-corrected chi connectivity index (χ2v) is 15.6. The van der Waals surface area contributed by atoms with Crippen molar-refractivity contribution < 1.29 is 38.1 Å². The quantitative estimate of drug-likeness (QED) is 0.210. The van der Waals surface area contributed by atoms with E-state index < -0.39 is 40.5 Å². The van der Waals surface area contributed by atoms with Crippen LogP contribution in [0, 0.1) is 45.3 Å². The summed E-state index contributed by atoms with van der Waals surface area (Å²) in [6, 6.07) is 8.96. The number of esters is 4. The lowest BCUT2D eigenvalue weighted by atomic mass is 9.36. The summed E-state index contributed by atoms with van der Waals surface area (Å²) >= 11 is 0. The highest BCUT2D eigenvalue weighted by Crippen LogP contribution is 2.74. The van der Waals surface area contributed by atoms with Crippen LogP contribution in [0.25, 0.3) is 0 Å². The van der Waals surface area contributed by atoms with Crippen molar-refractivity contribution in [2.45, 2.75) is 105 Å². The van der Waals surface area contributed by atoms with Crippen molar-refractivity contribution in [1.29, 1.82) is 0 Å². The molecule has 0 bridgehead atoms. The molecule has 6 rings (SSSR count). The van der Waals surface area contributed by atoms with Crippen LogP contribution < -0.4 is 0 Å². The molecule has 10 unspecified atom stereocenters. The molecule has 10 atom stereocenters.